The van der Waals surface area contributed by atoms with Gasteiger partial charge in [-0.05, 0) is 54.1 Å². The highest BCUT2D eigenvalue weighted by atomic mass is 32.2. The third-order valence-electron chi connectivity index (χ3n) is 4.76. The molecule has 0 unspecified atom stereocenters. The molecule has 4 rings (SSSR count). The van der Waals surface area contributed by atoms with Crippen molar-refractivity contribution in [2.24, 2.45) is 0 Å². The summed E-state index contributed by atoms with van der Waals surface area (Å²) in [5, 5.41) is 18.7. The maximum Gasteiger partial charge on any atom is 0.196 e. The first-order valence-corrected chi connectivity index (χ1v) is 10.6. The van der Waals surface area contributed by atoms with Crippen LogP contribution in [0.2, 0.25) is 0 Å². The number of benzene rings is 3. The number of hydrogen-bond acceptors (Lipinski definition) is 6. The lowest BCUT2D eigenvalue weighted by Gasteiger charge is -2.13. The van der Waals surface area contributed by atoms with Gasteiger partial charge in [-0.25, -0.2) is 0 Å². The fourth-order valence-electron chi connectivity index (χ4n) is 3.15. The summed E-state index contributed by atoms with van der Waals surface area (Å²) in [5.41, 5.74) is 3.54. The number of hydrogen-bond donors (Lipinski definition) is 0. The second kappa shape index (κ2) is 9.37. The maximum atomic E-state index is 8.99. The first-order chi connectivity index (χ1) is 15.2. The van der Waals surface area contributed by atoms with Crippen LogP contribution in [0.25, 0.3) is 17.1 Å². The van der Waals surface area contributed by atoms with Crippen molar-refractivity contribution in [3.8, 4) is 34.6 Å². The van der Waals surface area contributed by atoms with E-state index in [1.165, 1.54) is 0 Å². The van der Waals surface area contributed by atoms with Crippen LogP contribution in [0.15, 0.2) is 78.0 Å². The molecule has 0 aliphatic carbocycles. The predicted octanol–water partition coefficient (Wildman–Crippen LogP) is 5.12. The first-order valence-electron chi connectivity index (χ1n) is 9.58. The molecule has 0 saturated heterocycles. The first kappa shape index (κ1) is 20.5. The van der Waals surface area contributed by atoms with Crippen LogP contribution >= 0.6 is 11.8 Å². The molecule has 0 fully saturated rings. The van der Waals surface area contributed by atoms with Gasteiger partial charge in [0.05, 0.1) is 37.1 Å². The Morgan fingerprint density at radius 2 is 1.65 bits per heavy atom. The Hall–Kier alpha value is -3.76. The van der Waals surface area contributed by atoms with Gasteiger partial charge >= 0.3 is 0 Å². The second-order valence-electron chi connectivity index (χ2n) is 6.64. The van der Waals surface area contributed by atoms with Crippen LogP contribution in [0.5, 0.6) is 11.5 Å². The summed E-state index contributed by atoms with van der Waals surface area (Å²) in [5.74, 6) is 2.91. The van der Waals surface area contributed by atoms with Crippen molar-refractivity contribution < 1.29 is 9.47 Å². The van der Waals surface area contributed by atoms with Crippen molar-refractivity contribution in [1.82, 2.24) is 14.8 Å². The molecule has 7 heteroatoms. The van der Waals surface area contributed by atoms with Crippen LogP contribution in [0.1, 0.15) is 11.1 Å². The molecule has 1 aromatic heterocycles. The van der Waals surface area contributed by atoms with E-state index in [2.05, 4.69) is 16.3 Å². The van der Waals surface area contributed by atoms with Gasteiger partial charge in [0.1, 0.15) is 11.5 Å². The average molecular weight is 429 g/mol. The molecule has 0 spiro atoms. The van der Waals surface area contributed by atoms with Gasteiger partial charge in [0.25, 0.3) is 0 Å². The summed E-state index contributed by atoms with van der Waals surface area (Å²) >= 11 is 1.58. The van der Waals surface area contributed by atoms with Crippen LogP contribution in [0, 0.1) is 11.3 Å². The lowest BCUT2D eigenvalue weighted by Crippen LogP contribution is -2.01. The van der Waals surface area contributed by atoms with E-state index in [-0.39, 0.29) is 0 Å². The molecule has 0 N–H and O–H groups in total. The SMILES string of the molecule is COc1ccc(-n2c(SCc3ccc(C#N)cc3)nnc2-c2ccccc2OC)cc1. The van der Waals surface area contributed by atoms with E-state index in [0.29, 0.717) is 17.1 Å². The summed E-state index contributed by atoms with van der Waals surface area (Å²) < 4.78 is 12.9. The van der Waals surface area contributed by atoms with E-state index in [4.69, 9.17) is 14.7 Å². The van der Waals surface area contributed by atoms with Gasteiger partial charge in [-0.3, -0.25) is 4.57 Å². The van der Waals surface area contributed by atoms with E-state index < -0.39 is 0 Å². The molecule has 0 amide bonds. The standard InChI is InChI=1S/C24H20N4O2S/c1-29-20-13-11-19(12-14-20)28-23(21-5-3-4-6-22(21)30-2)26-27-24(28)31-16-18-9-7-17(15-25)8-10-18/h3-14H,16H2,1-2H3. The summed E-state index contributed by atoms with van der Waals surface area (Å²) in [4.78, 5) is 0. The topological polar surface area (TPSA) is 73.0 Å². The van der Waals surface area contributed by atoms with E-state index in [1.54, 1.807) is 26.0 Å². The molecular formula is C24H20N4O2S. The Balaban J connectivity index is 1.74. The quantitative estimate of drug-likeness (QED) is 0.381. The van der Waals surface area contributed by atoms with Gasteiger partial charge in [-0.1, -0.05) is 36.0 Å². The van der Waals surface area contributed by atoms with Crippen LogP contribution in [-0.2, 0) is 5.75 Å². The summed E-state index contributed by atoms with van der Waals surface area (Å²) in [6.07, 6.45) is 0. The molecule has 3 aromatic carbocycles. The van der Waals surface area contributed by atoms with Crippen LogP contribution < -0.4 is 9.47 Å². The summed E-state index contributed by atoms with van der Waals surface area (Å²) in [6, 6.07) is 25.3. The Kier molecular flexibility index (Phi) is 6.20. The van der Waals surface area contributed by atoms with Crippen molar-refractivity contribution in [2.45, 2.75) is 10.9 Å². The minimum Gasteiger partial charge on any atom is -0.497 e. The molecule has 1 heterocycles. The Bertz CT molecular complexity index is 1210. The highest BCUT2D eigenvalue weighted by Crippen LogP contribution is 2.34. The number of nitrogens with zero attached hydrogens (tertiary/aromatic N) is 4. The second-order valence-corrected chi connectivity index (χ2v) is 7.58. The number of ether oxygens (including phenoxy) is 2. The molecule has 0 aliphatic heterocycles. The van der Waals surface area contributed by atoms with Crippen molar-refractivity contribution in [1.29, 1.82) is 5.26 Å². The number of rotatable bonds is 7. The molecule has 6 nitrogen and oxygen atoms in total. The number of aromatic nitrogens is 3. The smallest absolute Gasteiger partial charge is 0.196 e. The lowest BCUT2D eigenvalue weighted by molar-refractivity contribution is 0.414. The van der Waals surface area contributed by atoms with E-state index in [0.717, 1.165) is 33.5 Å². The molecule has 0 atom stereocenters. The predicted molar refractivity (Wildman–Crippen MR) is 121 cm³/mol. The Morgan fingerprint density at radius 1 is 0.903 bits per heavy atom. The van der Waals surface area contributed by atoms with E-state index in [1.807, 2.05) is 77.4 Å². The zero-order valence-corrected chi connectivity index (χ0v) is 18.0. The van der Waals surface area contributed by atoms with Gasteiger partial charge in [-0.2, -0.15) is 5.26 Å². The fourth-order valence-corrected chi connectivity index (χ4v) is 4.06. The molecule has 154 valence electrons. The highest BCUT2D eigenvalue weighted by molar-refractivity contribution is 7.98. The monoisotopic (exact) mass is 428 g/mol. The van der Waals surface area contributed by atoms with Crippen molar-refractivity contribution in [3.63, 3.8) is 0 Å². The van der Waals surface area contributed by atoms with Gasteiger partial charge < -0.3 is 9.47 Å². The Morgan fingerprint density at radius 3 is 2.32 bits per heavy atom. The minimum absolute atomic E-state index is 0.647. The van der Waals surface area contributed by atoms with E-state index >= 15 is 0 Å². The summed E-state index contributed by atoms with van der Waals surface area (Å²) in [7, 11) is 3.29. The van der Waals surface area contributed by atoms with Crippen molar-refractivity contribution >= 4 is 11.8 Å². The zero-order chi connectivity index (χ0) is 21.6. The van der Waals surface area contributed by atoms with Gasteiger partial charge in [0.2, 0.25) is 0 Å². The third kappa shape index (κ3) is 4.39. The molecule has 31 heavy (non-hydrogen) atoms. The number of para-hydroxylation sites is 1. The maximum absolute atomic E-state index is 8.99. The number of methoxy groups -OCH3 is 2. The molecular weight excluding hydrogens is 408 g/mol. The molecule has 0 aliphatic rings. The van der Waals surface area contributed by atoms with E-state index in [9.17, 15) is 0 Å². The zero-order valence-electron chi connectivity index (χ0n) is 17.1. The highest BCUT2D eigenvalue weighted by Gasteiger charge is 2.19. The molecule has 0 saturated carbocycles. The van der Waals surface area contributed by atoms with Gasteiger partial charge in [0.15, 0.2) is 11.0 Å². The normalized spacial score (nSPS) is 10.5. The molecule has 0 bridgehead atoms. The molecule has 0 radical (unpaired) electrons. The fraction of sp³-hybridized carbons (Fsp3) is 0.125. The van der Waals surface area contributed by atoms with Crippen molar-refractivity contribution in [3.05, 3.63) is 83.9 Å². The average Bonchev–Trinajstić information content (AvgIpc) is 3.26. The Labute approximate surface area is 185 Å². The van der Waals surface area contributed by atoms with Crippen molar-refractivity contribution in [2.75, 3.05) is 14.2 Å². The van der Waals surface area contributed by atoms with Crippen LogP contribution in [-0.4, -0.2) is 29.0 Å². The lowest BCUT2D eigenvalue weighted by atomic mass is 10.2. The molecule has 4 aromatic rings. The minimum atomic E-state index is 0.647. The number of nitriles is 1. The van der Waals surface area contributed by atoms with Crippen LogP contribution in [0.3, 0.4) is 0 Å². The van der Waals surface area contributed by atoms with Gasteiger partial charge in [0, 0.05) is 5.75 Å². The largest absolute Gasteiger partial charge is 0.497 e. The number of thioether (sulfide) groups is 1. The van der Waals surface area contributed by atoms with Gasteiger partial charge in [-0.15, -0.1) is 10.2 Å². The van der Waals surface area contributed by atoms with Crippen LogP contribution in [0.4, 0.5) is 0 Å². The third-order valence-corrected chi connectivity index (χ3v) is 5.76. The summed E-state index contributed by atoms with van der Waals surface area (Å²) in [6.45, 7) is 0.